The van der Waals surface area contributed by atoms with Crippen molar-refractivity contribution < 1.29 is 14.3 Å². The molecule has 2 heterocycles. The molecule has 1 aliphatic rings. The molecule has 1 fully saturated rings. The summed E-state index contributed by atoms with van der Waals surface area (Å²) < 4.78 is 12.6. The lowest BCUT2D eigenvalue weighted by Gasteiger charge is -2.34. The molecule has 6 nitrogen and oxygen atoms in total. The van der Waals surface area contributed by atoms with Gasteiger partial charge in [-0.15, -0.1) is 0 Å². The van der Waals surface area contributed by atoms with Crippen molar-refractivity contribution in [1.82, 2.24) is 9.88 Å². The quantitative estimate of drug-likeness (QED) is 0.402. The van der Waals surface area contributed by atoms with E-state index in [-0.39, 0.29) is 5.91 Å². The lowest BCUT2D eigenvalue weighted by molar-refractivity contribution is 0.0744. The maximum Gasteiger partial charge on any atom is 0.257 e. The van der Waals surface area contributed by atoms with Gasteiger partial charge in [0.2, 0.25) is 0 Å². The number of aryl methyl sites for hydroxylation is 1. The van der Waals surface area contributed by atoms with Crippen LogP contribution in [0.4, 0.5) is 5.13 Å². The SMILES string of the molecule is COc1ccc(C)c2sc(N3CCN(C(=O)c4ccccc4Oc4ccccc4)CC3)nc12. The number of anilines is 1. The summed E-state index contributed by atoms with van der Waals surface area (Å²) in [5, 5.41) is 0.970. The Morgan fingerprint density at radius 2 is 1.64 bits per heavy atom. The third kappa shape index (κ3) is 4.24. The van der Waals surface area contributed by atoms with Crippen molar-refractivity contribution >= 4 is 32.6 Å². The van der Waals surface area contributed by atoms with Crippen LogP contribution in [0.5, 0.6) is 17.2 Å². The highest BCUT2D eigenvalue weighted by Gasteiger charge is 2.26. The predicted octanol–water partition coefficient (Wildman–Crippen LogP) is 5.37. The molecule has 0 aliphatic carbocycles. The standard InChI is InChI=1S/C26H25N3O3S/c1-18-12-13-22(31-2)23-24(18)33-26(27-23)29-16-14-28(15-17-29)25(30)20-10-6-7-11-21(20)32-19-8-4-3-5-9-19/h3-13H,14-17H2,1-2H3. The molecule has 3 aromatic carbocycles. The summed E-state index contributed by atoms with van der Waals surface area (Å²) in [6.07, 6.45) is 0. The lowest BCUT2D eigenvalue weighted by Crippen LogP contribution is -2.48. The third-order valence-electron chi connectivity index (χ3n) is 5.84. The smallest absolute Gasteiger partial charge is 0.257 e. The van der Waals surface area contributed by atoms with Crippen LogP contribution >= 0.6 is 11.3 Å². The Labute approximate surface area is 197 Å². The van der Waals surface area contributed by atoms with E-state index in [9.17, 15) is 4.79 Å². The maximum atomic E-state index is 13.3. The molecule has 1 amide bonds. The van der Waals surface area contributed by atoms with Crippen LogP contribution in [0.2, 0.25) is 0 Å². The number of rotatable bonds is 5. The Bertz CT molecular complexity index is 1280. The normalized spacial score (nSPS) is 13.9. The molecule has 0 atom stereocenters. The van der Waals surface area contributed by atoms with Crippen LogP contribution in [0.25, 0.3) is 10.2 Å². The number of thiazole rings is 1. The van der Waals surface area contributed by atoms with Gasteiger partial charge in [0.15, 0.2) is 5.13 Å². The molecule has 1 aromatic heterocycles. The van der Waals surface area contributed by atoms with E-state index in [1.54, 1.807) is 18.4 Å². The number of piperazine rings is 1. The number of aromatic nitrogens is 1. The molecule has 0 N–H and O–H groups in total. The van der Waals surface area contributed by atoms with Crippen molar-refractivity contribution in [3.8, 4) is 17.2 Å². The third-order valence-corrected chi connectivity index (χ3v) is 7.09. The van der Waals surface area contributed by atoms with Crippen LogP contribution < -0.4 is 14.4 Å². The van der Waals surface area contributed by atoms with E-state index in [2.05, 4.69) is 17.9 Å². The molecule has 5 rings (SSSR count). The molecule has 33 heavy (non-hydrogen) atoms. The molecular formula is C26H25N3O3S. The monoisotopic (exact) mass is 459 g/mol. The van der Waals surface area contributed by atoms with Gasteiger partial charge in [0, 0.05) is 26.2 Å². The summed E-state index contributed by atoms with van der Waals surface area (Å²) in [7, 11) is 1.67. The van der Waals surface area contributed by atoms with Gasteiger partial charge >= 0.3 is 0 Å². The first-order valence-electron chi connectivity index (χ1n) is 10.9. The van der Waals surface area contributed by atoms with Gasteiger partial charge in [-0.2, -0.15) is 0 Å². The molecule has 0 bridgehead atoms. The average molecular weight is 460 g/mol. The summed E-state index contributed by atoms with van der Waals surface area (Å²) in [5.74, 6) is 2.07. The predicted molar refractivity (Wildman–Crippen MR) is 132 cm³/mol. The minimum atomic E-state index is -0.0111. The van der Waals surface area contributed by atoms with E-state index >= 15 is 0 Å². The zero-order chi connectivity index (χ0) is 22.8. The number of benzene rings is 3. The molecule has 0 saturated carbocycles. The molecular weight excluding hydrogens is 434 g/mol. The second kappa shape index (κ2) is 9.11. The van der Waals surface area contributed by atoms with Crippen molar-refractivity contribution in [3.05, 3.63) is 77.9 Å². The lowest BCUT2D eigenvalue weighted by atomic mass is 10.1. The van der Waals surface area contributed by atoms with Crippen molar-refractivity contribution in [1.29, 1.82) is 0 Å². The van der Waals surface area contributed by atoms with Gasteiger partial charge in [-0.3, -0.25) is 4.79 Å². The number of ether oxygens (including phenoxy) is 2. The van der Waals surface area contributed by atoms with Crippen LogP contribution in [0.1, 0.15) is 15.9 Å². The second-order valence-electron chi connectivity index (χ2n) is 7.95. The average Bonchev–Trinajstić information content (AvgIpc) is 3.32. The van der Waals surface area contributed by atoms with Gasteiger partial charge in [-0.1, -0.05) is 47.7 Å². The highest BCUT2D eigenvalue weighted by Crippen LogP contribution is 2.36. The topological polar surface area (TPSA) is 54.9 Å². The van der Waals surface area contributed by atoms with E-state index in [1.807, 2.05) is 65.6 Å². The largest absolute Gasteiger partial charge is 0.494 e. The first-order chi connectivity index (χ1) is 16.1. The minimum Gasteiger partial charge on any atom is -0.494 e. The molecule has 4 aromatic rings. The Balaban J connectivity index is 1.31. The van der Waals surface area contributed by atoms with Gasteiger partial charge in [-0.05, 0) is 42.8 Å². The molecule has 1 saturated heterocycles. The molecule has 0 unspecified atom stereocenters. The van der Waals surface area contributed by atoms with Crippen LogP contribution in [-0.2, 0) is 0 Å². The van der Waals surface area contributed by atoms with Crippen LogP contribution in [0.3, 0.4) is 0 Å². The fraction of sp³-hybridized carbons (Fsp3) is 0.231. The van der Waals surface area contributed by atoms with Crippen molar-refractivity contribution in [2.24, 2.45) is 0 Å². The number of fused-ring (bicyclic) bond motifs is 1. The number of hydrogen-bond acceptors (Lipinski definition) is 6. The van der Waals surface area contributed by atoms with Gasteiger partial charge in [0.05, 0.1) is 17.4 Å². The first-order valence-corrected chi connectivity index (χ1v) is 11.8. The van der Waals surface area contributed by atoms with Gasteiger partial charge in [-0.25, -0.2) is 4.98 Å². The zero-order valence-corrected chi connectivity index (χ0v) is 19.5. The molecule has 0 spiro atoms. The van der Waals surface area contributed by atoms with E-state index in [1.165, 1.54) is 5.56 Å². The van der Waals surface area contributed by atoms with Gasteiger partial charge < -0.3 is 19.3 Å². The number of methoxy groups -OCH3 is 1. The summed E-state index contributed by atoms with van der Waals surface area (Å²) >= 11 is 1.68. The van der Waals surface area contributed by atoms with Crippen molar-refractivity contribution in [3.63, 3.8) is 0 Å². The minimum absolute atomic E-state index is 0.0111. The van der Waals surface area contributed by atoms with Crippen molar-refractivity contribution in [2.45, 2.75) is 6.92 Å². The van der Waals surface area contributed by atoms with E-state index in [0.29, 0.717) is 30.2 Å². The molecule has 7 heteroatoms. The number of carbonyl (C=O) groups is 1. The second-order valence-corrected chi connectivity index (χ2v) is 8.93. The maximum absolute atomic E-state index is 13.3. The van der Waals surface area contributed by atoms with Crippen molar-refractivity contribution in [2.75, 3.05) is 38.2 Å². The fourth-order valence-electron chi connectivity index (χ4n) is 4.02. The summed E-state index contributed by atoms with van der Waals surface area (Å²) in [4.78, 5) is 22.3. The van der Waals surface area contributed by atoms with E-state index < -0.39 is 0 Å². The van der Waals surface area contributed by atoms with Gasteiger partial charge in [0.1, 0.15) is 22.8 Å². The van der Waals surface area contributed by atoms with E-state index in [0.717, 1.165) is 34.2 Å². The highest BCUT2D eigenvalue weighted by molar-refractivity contribution is 7.22. The zero-order valence-electron chi connectivity index (χ0n) is 18.7. The Morgan fingerprint density at radius 1 is 0.909 bits per heavy atom. The molecule has 1 aliphatic heterocycles. The highest BCUT2D eigenvalue weighted by atomic mass is 32.1. The molecule has 0 radical (unpaired) electrons. The fourth-order valence-corrected chi connectivity index (χ4v) is 5.12. The number of amides is 1. The Kier molecular flexibility index (Phi) is 5.88. The van der Waals surface area contributed by atoms with Crippen LogP contribution in [-0.4, -0.2) is 49.1 Å². The van der Waals surface area contributed by atoms with Gasteiger partial charge in [0.25, 0.3) is 5.91 Å². The number of para-hydroxylation sites is 2. The number of hydrogen-bond donors (Lipinski definition) is 0. The summed E-state index contributed by atoms with van der Waals surface area (Å²) in [5.41, 5.74) is 2.68. The van der Waals surface area contributed by atoms with Crippen LogP contribution in [0, 0.1) is 6.92 Å². The first kappa shape index (κ1) is 21.3. The molecule has 168 valence electrons. The Hall–Kier alpha value is -3.58. The summed E-state index contributed by atoms with van der Waals surface area (Å²) in [6, 6.07) is 21.0. The van der Waals surface area contributed by atoms with Crippen LogP contribution in [0.15, 0.2) is 66.7 Å². The van der Waals surface area contributed by atoms with E-state index in [4.69, 9.17) is 14.5 Å². The summed E-state index contributed by atoms with van der Waals surface area (Å²) in [6.45, 7) is 4.81. The Morgan fingerprint density at radius 3 is 2.39 bits per heavy atom. The number of carbonyl (C=O) groups excluding carboxylic acids is 1. The number of nitrogens with zero attached hydrogens (tertiary/aromatic N) is 3.